The Morgan fingerprint density at radius 3 is 2.38 bits per heavy atom. The number of benzene rings is 2. The number of hydrogen-bond acceptors (Lipinski definition) is 3. The Kier molecular flexibility index (Phi) is 5.69. The monoisotopic (exact) mass is 512 g/mol. The van der Waals surface area contributed by atoms with E-state index in [0.717, 1.165) is 25.0 Å². The molecule has 37 heavy (non-hydrogen) atoms. The third-order valence-electron chi connectivity index (χ3n) is 8.13. The van der Waals surface area contributed by atoms with Gasteiger partial charge in [0.1, 0.15) is 17.5 Å². The molecule has 2 aromatic heterocycles. The van der Waals surface area contributed by atoms with Crippen LogP contribution in [0.5, 0.6) is 0 Å². The van der Waals surface area contributed by atoms with Gasteiger partial charge in [-0.15, -0.1) is 0 Å². The molecule has 192 valence electrons. The Hall–Kier alpha value is -3.49. The Balaban J connectivity index is 1.51. The van der Waals surface area contributed by atoms with Gasteiger partial charge in [-0.1, -0.05) is 25.1 Å². The highest BCUT2D eigenvalue weighted by molar-refractivity contribution is 5.94. The first-order valence-corrected chi connectivity index (χ1v) is 12.5. The maximum absolute atomic E-state index is 14.4. The van der Waals surface area contributed by atoms with Crippen LogP contribution in [0.15, 0.2) is 48.7 Å². The number of anilines is 1. The summed E-state index contributed by atoms with van der Waals surface area (Å²) in [5.74, 6) is 0.400. The zero-order valence-electron chi connectivity index (χ0n) is 20.0. The van der Waals surface area contributed by atoms with E-state index in [4.69, 9.17) is 0 Å². The second-order valence-corrected chi connectivity index (χ2v) is 10.2. The van der Waals surface area contributed by atoms with Gasteiger partial charge in [-0.05, 0) is 55.6 Å². The van der Waals surface area contributed by atoms with E-state index in [1.807, 2.05) is 0 Å². The Labute approximate surface area is 210 Å². The van der Waals surface area contributed by atoms with Crippen molar-refractivity contribution < 1.29 is 22.0 Å². The van der Waals surface area contributed by atoms with Crippen LogP contribution in [0.1, 0.15) is 38.2 Å². The Bertz CT molecular complexity index is 1470. The number of fused-ring (bicyclic) bond motifs is 4. The van der Waals surface area contributed by atoms with Crippen molar-refractivity contribution in [2.45, 2.75) is 44.8 Å². The summed E-state index contributed by atoms with van der Waals surface area (Å²) in [6.45, 7) is 2.21. The molecule has 2 aromatic carbocycles. The molecule has 0 radical (unpaired) electrons. The lowest BCUT2D eigenvalue weighted by Gasteiger charge is -2.47. The van der Waals surface area contributed by atoms with E-state index in [1.54, 1.807) is 6.07 Å². The number of nitrogens with zero attached hydrogens (tertiary/aromatic N) is 2. The maximum atomic E-state index is 14.4. The number of hydrogen-bond donors (Lipinski definition) is 2. The summed E-state index contributed by atoms with van der Waals surface area (Å²) < 4.78 is 70.1. The lowest BCUT2D eigenvalue weighted by molar-refractivity contribution is -0.137. The molecule has 0 spiro atoms. The topological polar surface area (TPSA) is 53.6 Å². The highest BCUT2D eigenvalue weighted by Gasteiger charge is 2.41. The average molecular weight is 513 g/mol. The molecule has 2 atom stereocenters. The number of halogens is 5. The predicted octanol–water partition coefficient (Wildman–Crippen LogP) is 7.83. The third kappa shape index (κ3) is 4.24. The molecule has 2 N–H and O–H groups in total. The molecular formula is C28H25F5N4. The van der Waals surface area contributed by atoms with Crippen molar-refractivity contribution in [1.29, 1.82) is 0 Å². The Morgan fingerprint density at radius 1 is 0.919 bits per heavy atom. The summed E-state index contributed by atoms with van der Waals surface area (Å²) in [5.41, 5.74) is -0.432. The van der Waals surface area contributed by atoms with Crippen LogP contribution < -0.4 is 5.32 Å². The van der Waals surface area contributed by atoms with Gasteiger partial charge in [0.15, 0.2) is 5.82 Å². The van der Waals surface area contributed by atoms with E-state index >= 15 is 0 Å². The lowest BCUT2D eigenvalue weighted by atomic mass is 9.62. The molecule has 4 aromatic rings. The molecule has 4 nitrogen and oxygen atoms in total. The predicted molar refractivity (Wildman–Crippen MR) is 132 cm³/mol. The highest BCUT2D eigenvalue weighted by Crippen LogP contribution is 2.46. The molecule has 0 amide bonds. The van der Waals surface area contributed by atoms with Crippen LogP contribution in [-0.2, 0) is 6.18 Å². The van der Waals surface area contributed by atoms with E-state index in [-0.39, 0.29) is 34.0 Å². The Morgan fingerprint density at radius 2 is 1.65 bits per heavy atom. The van der Waals surface area contributed by atoms with Crippen LogP contribution in [0.3, 0.4) is 0 Å². The standard InChI is InChI=1S/C28H25F5N4/c1-14-15-6-8-16(9-7-15)25(14)36-24-12-23(18-4-2-3-5-21(18)28(31,32)33)35-27(37-24)20-13-34-26-19(20)10-17(29)11-22(26)30/h2-5,10-16,25,34H,6-9H2,1H3,(H,35,36,37)/t14-,15?,16?,25+/m1/s1. The van der Waals surface area contributed by atoms with Crippen molar-refractivity contribution in [2.24, 2.45) is 17.8 Å². The van der Waals surface area contributed by atoms with Crippen molar-refractivity contribution in [3.05, 3.63) is 65.9 Å². The highest BCUT2D eigenvalue weighted by atomic mass is 19.4. The van der Waals surface area contributed by atoms with E-state index in [1.165, 1.54) is 43.3 Å². The first-order chi connectivity index (χ1) is 17.7. The van der Waals surface area contributed by atoms with Gasteiger partial charge in [-0.3, -0.25) is 0 Å². The summed E-state index contributed by atoms with van der Waals surface area (Å²) >= 11 is 0. The molecule has 0 unspecified atom stereocenters. The lowest BCUT2D eigenvalue weighted by Crippen LogP contribution is -2.47. The first kappa shape index (κ1) is 23.9. The molecule has 2 bridgehead atoms. The molecule has 2 heterocycles. The van der Waals surface area contributed by atoms with Gasteiger partial charge in [-0.2, -0.15) is 13.2 Å². The van der Waals surface area contributed by atoms with Crippen molar-refractivity contribution >= 4 is 16.7 Å². The largest absolute Gasteiger partial charge is 0.417 e. The third-order valence-corrected chi connectivity index (χ3v) is 8.13. The van der Waals surface area contributed by atoms with E-state index < -0.39 is 23.4 Å². The molecule has 0 aliphatic heterocycles. The quantitative estimate of drug-likeness (QED) is 0.274. The summed E-state index contributed by atoms with van der Waals surface area (Å²) in [6, 6.07) is 8.86. The minimum Gasteiger partial charge on any atom is -0.367 e. The van der Waals surface area contributed by atoms with Crippen LogP contribution in [0, 0.1) is 29.4 Å². The molecule has 3 saturated carbocycles. The second-order valence-electron chi connectivity index (χ2n) is 10.2. The van der Waals surface area contributed by atoms with E-state index in [2.05, 4.69) is 27.2 Å². The van der Waals surface area contributed by atoms with Gasteiger partial charge < -0.3 is 10.3 Å². The molecule has 7 rings (SSSR count). The maximum Gasteiger partial charge on any atom is 0.417 e. The van der Waals surface area contributed by atoms with Gasteiger partial charge >= 0.3 is 6.18 Å². The normalized spacial score (nSPS) is 23.5. The summed E-state index contributed by atoms with van der Waals surface area (Å²) in [7, 11) is 0. The fourth-order valence-corrected chi connectivity index (χ4v) is 6.25. The molecule has 9 heteroatoms. The number of aromatic amines is 1. The van der Waals surface area contributed by atoms with Gasteiger partial charge in [0.05, 0.1) is 16.8 Å². The number of alkyl halides is 3. The van der Waals surface area contributed by atoms with Crippen LogP contribution in [-0.4, -0.2) is 21.0 Å². The second kappa shape index (κ2) is 8.82. The molecule has 3 aliphatic carbocycles. The molecule has 0 saturated heterocycles. The SMILES string of the molecule is C[C@@H]1C2CCC(CC2)[C@H]1Nc1cc(-c2ccccc2C(F)(F)F)nc(-c2c[nH]c3c(F)cc(F)cc23)n1. The minimum atomic E-state index is -4.58. The zero-order chi connectivity index (χ0) is 25.9. The smallest absolute Gasteiger partial charge is 0.367 e. The number of rotatable bonds is 4. The van der Waals surface area contributed by atoms with Gasteiger partial charge in [0, 0.05) is 40.9 Å². The van der Waals surface area contributed by atoms with Crippen molar-refractivity contribution in [3.8, 4) is 22.6 Å². The van der Waals surface area contributed by atoms with Crippen LogP contribution in [0.4, 0.5) is 27.8 Å². The van der Waals surface area contributed by atoms with Crippen molar-refractivity contribution in [3.63, 3.8) is 0 Å². The van der Waals surface area contributed by atoms with Gasteiger partial charge in [0.25, 0.3) is 0 Å². The van der Waals surface area contributed by atoms with Crippen molar-refractivity contribution in [1.82, 2.24) is 15.0 Å². The van der Waals surface area contributed by atoms with Crippen molar-refractivity contribution in [2.75, 3.05) is 5.32 Å². The molecule has 3 aliphatic rings. The number of nitrogens with one attached hydrogen (secondary N) is 2. The fourth-order valence-electron chi connectivity index (χ4n) is 6.25. The number of H-pyrrole nitrogens is 1. The summed E-state index contributed by atoms with van der Waals surface area (Å²) in [6.07, 6.45) is 1.46. The van der Waals surface area contributed by atoms with E-state index in [0.29, 0.717) is 29.1 Å². The summed E-state index contributed by atoms with van der Waals surface area (Å²) in [4.78, 5) is 11.9. The number of aromatic nitrogens is 3. The van der Waals surface area contributed by atoms with Crippen LogP contribution in [0.25, 0.3) is 33.5 Å². The van der Waals surface area contributed by atoms with Crippen LogP contribution in [0.2, 0.25) is 0 Å². The summed E-state index contributed by atoms with van der Waals surface area (Å²) in [5, 5.41) is 3.73. The van der Waals surface area contributed by atoms with Gasteiger partial charge in [-0.25, -0.2) is 18.7 Å². The first-order valence-electron chi connectivity index (χ1n) is 12.5. The molecule has 3 fully saturated rings. The average Bonchev–Trinajstić information content (AvgIpc) is 3.30. The fraction of sp³-hybridized carbons (Fsp3) is 0.357. The van der Waals surface area contributed by atoms with Crippen LogP contribution >= 0.6 is 0 Å². The molecular weight excluding hydrogens is 487 g/mol. The van der Waals surface area contributed by atoms with Gasteiger partial charge in [0.2, 0.25) is 0 Å². The van der Waals surface area contributed by atoms with E-state index in [9.17, 15) is 22.0 Å². The minimum absolute atomic E-state index is 0.0776. The zero-order valence-corrected chi connectivity index (χ0v) is 20.0.